The number of hydrogen-bond donors (Lipinski definition) is 1. The lowest BCUT2D eigenvalue weighted by atomic mass is 10.2. The van der Waals surface area contributed by atoms with Crippen LogP contribution in [-0.4, -0.2) is 19.6 Å². The van der Waals surface area contributed by atoms with Crippen LogP contribution in [0.15, 0.2) is 48.5 Å². The summed E-state index contributed by atoms with van der Waals surface area (Å²) in [5.41, 5.74) is 2.56. The SMILES string of the molecule is S=c1nc2ccccc2c2nc(-c3ccc(Cl)cc3)[nH]n12. The topological polar surface area (TPSA) is 46.0 Å². The summed E-state index contributed by atoms with van der Waals surface area (Å²) in [7, 11) is 0. The van der Waals surface area contributed by atoms with Crippen molar-refractivity contribution in [2.45, 2.75) is 0 Å². The zero-order valence-corrected chi connectivity index (χ0v) is 12.3. The molecule has 21 heavy (non-hydrogen) atoms. The van der Waals surface area contributed by atoms with E-state index in [2.05, 4.69) is 15.1 Å². The lowest BCUT2D eigenvalue weighted by Crippen LogP contribution is -1.94. The van der Waals surface area contributed by atoms with E-state index in [0.29, 0.717) is 9.79 Å². The van der Waals surface area contributed by atoms with E-state index in [0.717, 1.165) is 27.9 Å². The van der Waals surface area contributed by atoms with Crippen LogP contribution in [0.1, 0.15) is 0 Å². The molecule has 0 amide bonds. The Balaban J connectivity index is 2.05. The highest BCUT2D eigenvalue weighted by Crippen LogP contribution is 2.22. The molecule has 102 valence electrons. The van der Waals surface area contributed by atoms with E-state index in [1.54, 1.807) is 4.52 Å². The highest BCUT2D eigenvalue weighted by atomic mass is 35.5. The van der Waals surface area contributed by atoms with Crippen LogP contribution in [0.5, 0.6) is 0 Å². The number of fused-ring (bicyclic) bond motifs is 3. The zero-order valence-electron chi connectivity index (χ0n) is 10.7. The lowest BCUT2D eigenvalue weighted by molar-refractivity contribution is 0.918. The molecule has 0 unspecified atom stereocenters. The molecule has 4 rings (SSSR count). The summed E-state index contributed by atoms with van der Waals surface area (Å²) in [4.78, 5) is 9.07. The van der Waals surface area contributed by atoms with Crippen molar-refractivity contribution in [1.82, 2.24) is 19.6 Å². The number of para-hydroxylation sites is 1. The van der Waals surface area contributed by atoms with Gasteiger partial charge in [0.25, 0.3) is 0 Å². The van der Waals surface area contributed by atoms with Gasteiger partial charge in [-0.25, -0.2) is 14.5 Å². The average Bonchev–Trinajstić information content (AvgIpc) is 2.94. The summed E-state index contributed by atoms with van der Waals surface area (Å²) < 4.78 is 2.18. The van der Waals surface area contributed by atoms with E-state index in [4.69, 9.17) is 23.8 Å². The molecule has 2 heterocycles. The Labute approximate surface area is 130 Å². The molecule has 0 radical (unpaired) electrons. The molecule has 0 bridgehead atoms. The maximum absolute atomic E-state index is 5.92. The summed E-state index contributed by atoms with van der Waals surface area (Å²) in [5, 5.41) is 4.84. The maximum Gasteiger partial charge on any atom is 0.221 e. The molecule has 0 saturated heterocycles. The van der Waals surface area contributed by atoms with Crippen LogP contribution in [0.4, 0.5) is 0 Å². The molecular weight excluding hydrogens is 304 g/mol. The van der Waals surface area contributed by atoms with Crippen LogP contribution in [0.3, 0.4) is 0 Å². The third-order valence-corrected chi connectivity index (χ3v) is 3.84. The predicted octanol–water partition coefficient (Wildman–Crippen LogP) is 4.26. The van der Waals surface area contributed by atoms with Crippen LogP contribution in [0.2, 0.25) is 5.02 Å². The van der Waals surface area contributed by atoms with Gasteiger partial charge in [0.15, 0.2) is 11.5 Å². The molecule has 0 saturated carbocycles. The third-order valence-electron chi connectivity index (χ3n) is 3.32. The first kappa shape index (κ1) is 12.5. The first-order valence-corrected chi connectivity index (χ1v) is 7.14. The van der Waals surface area contributed by atoms with Gasteiger partial charge in [-0.3, -0.25) is 5.10 Å². The Morgan fingerprint density at radius 1 is 1.00 bits per heavy atom. The van der Waals surface area contributed by atoms with Gasteiger partial charge in [0.05, 0.1) is 5.52 Å². The number of halogens is 1. The fourth-order valence-corrected chi connectivity index (χ4v) is 2.67. The normalized spacial score (nSPS) is 11.3. The van der Waals surface area contributed by atoms with Crippen molar-refractivity contribution >= 4 is 40.4 Å². The Morgan fingerprint density at radius 3 is 2.57 bits per heavy atom. The van der Waals surface area contributed by atoms with Crippen molar-refractivity contribution in [3.8, 4) is 11.4 Å². The number of nitrogens with one attached hydrogen (secondary N) is 1. The van der Waals surface area contributed by atoms with E-state index < -0.39 is 0 Å². The quantitative estimate of drug-likeness (QED) is 0.534. The molecule has 0 aliphatic rings. The van der Waals surface area contributed by atoms with Crippen molar-refractivity contribution in [3.63, 3.8) is 0 Å². The first-order valence-electron chi connectivity index (χ1n) is 6.36. The molecule has 6 heteroatoms. The standard InChI is InChI=1S/C15H9ClN4S/c16-10-7-5-9(6-8-10)13-18-14-11-3-1-2-4-12(11)17-15(21)20(14)19-13/h1-8H,(H,18,19). The minimum Gasteiger partial charge on any atom is -0.273 e. The molecule has 0 aliphatic heterocycles. The van der Waals surface area contributed by atoms with Crippen molar-refractivity contribution in [2.24, 2.45) is 0 Å². The maximum atomic E-state index is 5.92. The summed E-state index contributed by atoms with van der Waals surface area (Å²) in [6.45, 7) is 0. The second-order valence-corrected chi connectivity index (χ2v) is 5.45. The van der Waals surface area contributed by atoms with Gasteiger partial charge in [0, 0.05) is 16.0 Å². The number of aromatic nitrogens is 4. The molecule has 0 spiro atoms. The van der Waals surface area contributed by atoms with Gasteiger partial charge >= 0.3 is 0 Å². The largest absolute Gasteiger partial charge is 0.273 e. The number of aromatic amines is 1. The molecule has 0 atom stereocenters. The number of nitrogens with zero attached hydrogens (tertiary/aromatic N) is 3. The van der Waals surface area contributed by atoms with Crippen molar-refractivity contribution < 1.29 is 0 Å². The fraction of sp³-hybridized carbons (Fsp3) is 0. The molecule has 4 aromatic rings. The Hall–Kier alpha value is -2.24. The minimum absolute atomic E-state index is 0.455. The van der Waals surface area contributed by atoms with E-state index in [-0.39, 0.29) is 0 Å². The van der Waals surface area contributed by atoms with Crippen molar-refractivity contribution in [1.29, 1.82) is 0 Å². The summed E-state index contributed by atoms with van der Waals surface area (Å²) in [5.74, 6) is 0.732. The highest BCUT2D eigenvalue weighted by Gasteiger charge is 2.09. The van der Waals surface area contributed by atoms with Gasteiger partial charge in [-0.05, 0) is 48.6 Å². The van der Waals surface area contributed by atoms with Gasteiger partial charge in [-0.2, -0.15) is 0 Å². The predicted molar refractivity (Wildman–Crippen MR) is 86.1 cm³/mol. The van der Waals surface area contributed by atoms with Gasteiger partial charge < -0.3 is 0 Å². The van der Waals surface area contributed by atoms with Crippen LogP contribution < -0.4 is 0 Å². The Morgan fingerprint density at radius 2 is 1.76 bits per heavy atom. The fourth-order valence-electron chi connectivity index (χ4n) is 2.31. The van der Waals surface area contributed by atoms with Crippen LogP contribution in [-0.2, 0) is 0 Å². The van der Waals surface area contributed by atoms with Crippen molar-refractivity contribution in [3.05, 3.63) is 58.3 Å². The zero-order chi connectivity index (χ0) is 14.4. The van der Waals surface area contributed by atoms with Crippen molar-refractivity contribution in [2.75, 3.05) is 0 Å². The lowest BCUT2D eigenvalue weighted by Gasteiger charge is -1.98. The van der Waals surface area contributed by atoms with Gasteiger partial charge in [0.2, 0.25) is 4.77 Å². The molecule has 0 fully saturated rings. The smallest absolute Gasteiger partial charge is 0.221 e. The van der Waals surface area contributed by atoms with E-state index in [1.165, 1.54) is 0 Å². The monoisotopic (exact) mass is 312 g/mol. The Bertz CT molecular complexity index is 1020. The van der Waals surface area contributed by atoms with Gasteiger partial charge in [-0.1, -0.05) is 23.7 Å². The molecular formula is C15H9ClN4S. The summed E-state index contributed by atoms with van der Waals surface area (Å²) >= 11 is 11.2. The molecule has 4 nitrogen and oxygen atoms in total. The number of H-pyrrole nitrogens is 1. The number of rotatable bonds is 1. The minimum atomic E-state index is 0.455. The second kappa shape index (κ2) is 4.65. The van der Waals surface area contributed by atoms with E-state index in [1.807, 2.05) is 48.5 Å². The van der Waals surface area contributed by atoms with Gasteiger partial charge in [0.1, 0.15) is 0 Å². The summed E-state index contributed by atoms with van der Waals surface area (Å²) in [6, 6.07) is 15.3. The van der Waals surface area contributed by atoms with Gasteiger partial charge in [-0.15, -0.1) is 0 Å². The van der Waals surface area contributed by atoms with Crippen LogP contribution in [0, 0.1) is 4.77 Å². The molecule has 2 aromatic carbocycles. The van der Waals surface area contributed by atoms with E-state index in [9.17, 15) is 0 Å². The molecule has 2 aromatic heterocycles. The number of hydrogen-bond acceptors (Lipinski definition) is 3. The first-order chi connectivity index (χ1) is 10.2. The molecule has 1 N–H and O–H groups in total. The Kier molecular flexibility index (Phi) is 2.77. The molecule has 0 aliphatic carbocycles. The van der Waals surface area contributed by atoms with E-state index >= 15 is 0 Å². The highest BCUT2D eigenvalue weighted by molar-refractivity contribution is 7.71. The number of benzene rings is 2. The third kappa shape index (κ3) is 2.02. The van der Waals surface area contributed by atoms with Crippen LogP contribution in [0.25, 0.3) is 27.9 Å². The second-order valence-electron chi connectivity index (χ2n) is 4.65. The van der Waals surface area contributed by atoms with Crippen LogP contribution >= 0.6 is 23.8 Å². The summed E-state index contributed by atoms with van der Waals surface area (Å²) in [6.07, 6.45) is 0. The average molecular weight is 313 g/mol.